The zero-order chi connectivity index (χ0) is 14.6. The number of aliphatic hydroxyl groups is 2. The predicted octanol–water partition coefficient (Wildman–Crippen LogP) is 2.26. The topological polar surface area (TPSA) is 87.0 Å². The maximum atomic E-state index is 11.1. The molecule has 1 aliphatic rings. The number of ether oxygens (including phenoxy) is 1. The Kier molecular flexibility index (Phi) is 5.62. The van der Waals surface area contributed by atoms with E-state index >= 15 is 0 Å². The standard InChI is InChI=1S/C14H26O5/c1-9(2)12-5-4-10(3)6-14(12,19-13(17)18)7-11(16)8-15/h9-12,15-16H,4-8H2,1-3H3,(H,17,18)/t10-,11-,12-,14+/m1/s1. The molecule has 0 aliphatic heterocycles. The van der Waals surface area contributed by atoms with Gasteiger partial charge in [-0.25, -0.2) is 4.79 Å². The van der Waals surface area contributed by atoms with Crippen molar-refractivity contribution in [2.45, 2.75) is 58.2 Å². The van der Waals surface area contributed by atoms with Crippen molar-refractivity contribution in [3.63, 3.8) is 0 Å². The van der Waals surface area contributed by atoms with Crippen molar-refractivity contribution in [2.24, 2.45) is 17.8 Å². The van der Waals surface area contributed by atoms with Crippen LogP contribution in [0.5, 0.6) is 0 Å². The highest BCUT2D eigenvalue weighted by Crippen LogP contribution is 2.46. The predicted molar refractivity (Wildman–Crippen MR) is 70.9 cm³/mol. The first-order chi connectivity index (χ1) is 8.80. The fourth-order valence-electron chi connectivity index (χ4n) is 3.54. The van der Waals surface area contributed by atoms with Gasteiger partial charge in [-0.15, -0.1) is 0 Å². The first-order valence-corrected chi connectivity index (χ1v) is 7.01. The fourth-order valence-corrected chi connectivity index (χ4v) is 3.54. The minimum absolute atomic E-state index is 0.0843. The Morgan fingerprint density at radius 1 is 1.42 bits per heavy atom. The Bertz CT molecular complexity index is 304. The quantitative estimate of drug-likeness (QED) is 0.669. The van der Waals surface area contributed by atoms with Crippen LogP contribution in [0.3, 0.4) is 0 Å². The molecule has 0 amide bonds. The molecule has 0 bridgehead atoms. The van der Waals surface area contributed by atoms with E-state index in [9.17, 15) is 9.90 Å². The first kappa shape index (κ1) is 16.2. The number of carbonyl (C=O) groups is 1. The van der Waals surface area contributed by atoms with Gasteiger partial charge in [-0.1, -0.05) is 27.2 Å². The summed E-state index contributed by atoms with van der Waals surface area (Å²) in [5.74, 6) is 0.721. The molecular formula is C14H26O5. The molecule has 3 N–H and O–H groups in total. The van der Waals surface area contributed by atoms with Gasteiger partial charge >= 0.3 is 6.16 Å². The highest BCUT2D eigenvalue weighted by Gasteiger charge is 2.48. The monoisotopic (exact) mass is 274 g/mol. The summed E-state index contributed by atoms with van der Waals surface area (Å²) in [6.45, 7) is 5.80. The van der Waals surface area contributed by atoms with Gasteiger partial charge < -0.3 is 20.1 Å². The van der Waals surface area contributed by atoms with Crippen LogP contribution in [0.1, 0.15) is 46.5 Å². The van der Waals surface area contributed by atoms with E-state index in [-0.39, 0.29) is 24.9 Å². The van der Waals surface area contributed by atoms with Gasteiger partial charge in [0.2, 0.25) is 0 Å². The number of aliphatic hydroxyl groups excluding tert-OH is 2. The molecule has 0 heterocycles. The van der Waals surface area contributed by atoms with Gasteiger partial charge in [0.1, 0.15) is 5.60 Å². The Hall–Kier alpha value is -0.810. The average molecular weight is 274 g/mol. The minimum atomic E-state index is -1.30. The van der Waals surface area contributed by atoms with Gasteiger partial charge in [0, 0.05) is 12.3 Å². The lowest BCUT2D eigenvalue weighted by Gasteiger charge is -2.47. The summed E-state index contributed by atoms with van der Waals surface area (Å²) in [5.41, 5.74) is -0.875. The van der Waals surface area contributed by atoms with Crippen LogP contribution in [0.25, 0.3) is 0 Å². The van der Waals surface area contributed by atoms with Crippen LogP contribution in [0, 0.1) is 17.8 Å². The largest absolute Gasteiger partial charge is 0.506 e. The van der Waals surface area contributed by atoms with Crippen LogP contribution in [0.4, 0.5) is 4.79 Å². The second kappa shape index (κ2) is 6.57. The normalized spacial score (nSPS) is 33.2. The lowest BCUT2D eigenvalue weighted by Crippen LogP contribution is -2.51. The zero-order valence-electron chi connectivity index (χ0n) is 12.0. The van der Waals surface area contributed by atoms with E-state index in [2.05, 4.69) is 6.92 Å². The van der Waals surface area contributed by atoms with E-state index in [0.29, 0.717) is 12.3 Å². The van der Waals surface area contributed by atoms with Crippen molar-refractivity contribution in [1.29, 1.82) is 0 Å². The van der Waals surface area contributed by atoms with Gasteiger partial charge in [-0.3, -0.25) is 0 Å². The van der Waals surface area contributed by atoms with Crippen molar-refractivity contribution in [2.75, 3.05) is 6.61 Å². The summed E-state index contributed by atoms with van der Waals surface area (Å²) in [4.78, 5) is 11.1. The van der Waals surface area contributed by atoms with Gasteiger partial charge in [0.15, 0.2) is 0 Å². The van der Waals surface area contributed by atoms with E-state index in [1.54, 1.807) is 0 Å². The summed E-state index contributed by atoms with van der Waals surface area (Å²) in [5, 5.41) is 27.8. The van der Waals surface area contributed by atoms with Crippen molar-refractivity contribution in [3.05, 3.63) is 0 Å². The third kappa shape index (κ3) is 4.08. The van der Waals surface area contributed by atoms with E-state index in [0.717, 1.165) is 12.8 Å². The lowest BCUT2D eigenvalue weighted by atomic mass is 9.65. The molecule has 0 spiro atoms. The highest BCUT2D eigenvalue weighted by molar-refractivity contribution is 5.57. The molecule has 1 saturated carbocycles. The molecule has 0 radical (unpaired) electrons. The van der Waals surface area contributed by atoms with Crippen LogP contribution in [-0.4, -0.2) is 39.8 Å². The third-order valence-electron chi connectivity index (χ3n) is 4.23. The van der Waals surface area contributed by atoms with Gasteiger partial charge in [0.25, 0.3) is 0 Å². The molecule has 112 valence electrons. The van der Waals surface area contributed by atoms with Gasteiger partial charge in [0.05, 0.1) is 12.7 Å². The smallest absolute Gasteiger partial charge is 0.450 e. The van der Waals surface area contributed by atoms with Crippen molar-refractivity contribution < 1.29 is 24.9 Å². The maximum absolute atomic E-state index is 11.1. The molecule has 0 aromatic carbocycles. The summed E-state index contributed by atoms with van der Waals surface area (Å²) in [6, 6.07) is 0. The summed E-state index contributed by atoms with van der Waals surface area (Å²) >= 11 is 0. The number of hydrogen-bond donors (Lipinski definition) is 3. The molecular weight excluding hydrogens is 248 g/mol. The Morgan fingerprint density at radius 2 is 2.05 bits per heavy atom. The molecule has 5 heteroatoms. The van der Waals surface area contributed by atoms with Crippen molar-refractivity contribution in [3.8, 4) is 0 Å². The third-order valence-corrected chi connectivity index (χ3v) is 4.23. The second-order valence-corrected chi connectivity index (χ2v) is 6.21. The van der Waals surface area contributed by atoms with Gasteiger partial charge in [-0.05, 0) is 24.7 Å². The summed E-state index contributed by atoms with van der Waals surface area (Å²) in [6.07, 6.45) is 0.478. The molecule has 5 nitrogen and oxygen atoms in total. The molecule has 4 atom stereocenters. The maximum Gasteiger partial charge on any atom is 0.506 e. The Labute approximate surface area is 114 Å². The van der Waals surface area contributed by atoms with E-state index in [1.165, 1.54) is 0 Å². The molecule has 0 aromatic heterocycles. The van der Waals surface area contributed by atoms with Crippen LogP contribution >= 0.6 is 0 Å². The van der Waals surface area contributed by atoms with Crippen LogP contribution < -0.4 is 0 Å². The zero-order valence-corrected chi connectivity index (χ0v) is 12.0. The first-order valence-electron chi connectivity index (χ1n) is 7.01. The Balaban J connectivity index is 3.02. The number of rotatable bonds is 5. The number of carboxylic acid groups (broad SMARTS) is 1. The fraction of sp³-hybridized carbons (Fsp3) is 0.929. The van der Waals surface area contributed by atoms with Crippen molar-refractivity contribution >= 4 is 6.16 Å². The molecule has 19 heavy (non-hydrogen) atoms. The molecule has 1 rings (SSSR count). The van der Waals surface area contributed by atoms with Crippen LogP contribution in [-0.2, 0) is 4.74 Å². The minimum Gasteiger partial charge on any atom is -0.450 e. The summed E-state index contributed by atoms with van der Waals surface area (Å²) in [7, 11) is 0. The van der Waals surface area contributed by atoms with Crippen LogP contribution in [0.15, 0.2) is 0 Å². The van der Waals surface area contributed by atoms with Gasteiger partial charge in [-0.2, -0.15) is 0 Å². The molecule has 0 unspecified atom stereocenters. The van der Waals surface area contributed by atoms with E-state index in [4.69, 9.17) is 14.9 Å². The highest BCUT2D eigenvalue weighted by atomic mass is 16.7. The SMILES string of the molecule is CC(C)[C@H]1CC[C@@H](C)C[C@@]1(C[C@@H](O)CO)OC(=O)O. The average Bonchev–Trinajstić information content (AvgIpc) is 2.26. The molecule has 1 fully saturated rings. The summed E-state index contributed by atoms with van der Waals surface area (Å²) < 4.78 is 5.24. The van der Waals surface area contributed by atoms with Crippen LogP contribution in [0.2, 0.25) is 0 Å². The molecule has 0 saturated heterocycles. The second-order valence-electron chi connectivity index (χ2n) is 6.21. The van der Waals surface area contributed by atoms with E-state index in [1.807, 2.05) is 13.8 Å². The Morgan fingerprint density at radius 3 is 2.53 bits per heavy atom. The molecule has 0 aromatic rings. The molecule has 1 aliphatic carbocycles. The van der Waals surface area contributed by atoms with E-state index < -0.39 is 17.9 Å². The van der Waals surface area contributed by atoms with Crippen molar-refractivity contribution in [1.82, 2.24) is 0 Å². The number of hydrogen-bond acceptors (Lipinski definition) is 4. The lowest BCUT2D eigenvalue weighted by molar-refractivity contribution is -0.127.